The highest BCUT2D eigenvalue weighted by Gasteiger charge is 2.10. The van der Waals surface area contributed by atoms with Gasteiger partial charge < -0.3 is 5.11 Å². The number of aliphatic hydroxyl groups is 1. The molecule has 0 radical (unpaired) electrons. The third-order valence-electron chi connectivity index (χ3n) is 2.88. The van der Waals surface area contributed by atoms with Crippen molar-refractivity contribution in [3.63, 3.8) is 0 Å². The van der Waals surface area contributed by atoms with Crippen molar-refractivity contribution in [3.05, 3.63) is 38.4 Å². The van der Waals surface area contributed by atoms with Gasteiger partial charge in [-0.25, -0.2) is 9.36 Å². The molecule has 0 aliphatic heterocycles. The smallest absolute Gasteiger partial charge is 0.281 e. The lowest BCUT2D eigenvalue weighted by molar-refractivity contribution is 0.350. The zero-order valence-electron chi connectivity index (χ0n) is 11.1. The average Bonchev–Trinajstić information content (AvgIpc) is 3.07. The highest BCUT2D eigenvalue weighted by molar-refractivity contribution is 7.12. The summed E-state index contributed by atoms with van der Waals surface area (Å²) in [5.74, 6) is 5.42. The fourth-order valence-electron chi connectivity index (χ4n) is 1.88. The fraction of sp³-hybridized carbons (Fsp3) is 0.231. The first-order valence-corrected chi connectivity index (χ1v) is 6.94. The number of aromatic nitrogens is 5. The molecule has 0 fully saturated rings. The maximum atomic E-state index is 12.3. The van der Waals surface area contributed by atoms with Gasteiger partial charge in [0.2, 0.25) is 0 Å². The van der Waals surface area contributed by atoms with E-state index < -0.39 is 0 Å². The largest absolute Gasteiger partial charge is 0.384 e. The topological polar surface area (TPSA) is 85.8 Å². The van der Waals surface area contributed by atoms with Crippen LogP contribution in [0.2, 0.25) is 0 Å². The normalized spacial score (nSPS) is 10.6. The molecule has 0 amide bonds. The van der Waals surface area contributed by atoms with Crippen LogP contribution in [0.3, 0.4) is 0 Å². The Morgan fingerprint density at radius 1 is 1.43 bits per heavy atom. The van der Waals surface area contributed by atoms with Crippen LogP contribution < -0.4 is 5.56 Å². The predicted molar refractivity (Wildman–Crippen MR) is 77.9 cm³/mol. The van der Waals surface area contributed by atoms with Gasteiger partial charge >= 0.3 is 0 Å². The Morgan fingerprint density at radius 2 is 2.29 bits per heavy atom. The van der Waals surface area contributed by atoms with Gasteiger partial charge in [-0.05, 0) is 12.1 Å². The van der Waals surface area contributed by atoms with E-state index >= 15 is 0 Å². The van der Waals surface area contributed by atoms with Crippen LogP contribution in [0, 0.1) is 11.8 Å². The SMILES string of the molecule is Cn1ncc2c(=O)n(Cc3ccc(C#CCO)s3)nnc21. The summed E-state index contributed by atoms with van der Waals surface area (Å²) >= 11 is 1.45. The van der Waals surface area contributed by atoms with Crippen LogP contribution in [-0.4, -0.2) is 36.5 Å². The third kappa shape index (κ3) is 2.56. The Morgan fingerprint density at radius 3 is 3.10 bits per heavy atom. The molecule has 7 nitrogen and oxygen atoms in total. The van der Waals surface area contributed by atoms with E-state index in [0.717, 1.165) is 9.75 Å². The Balaban J connectivity index is 1.93. The molecule has 3 aromatic heterocycles. The molecule has 8 heteroatoms. The van der Waals surface area contributed by atoms with Gasteiger partial charge in [-0.3, -0.25) is 4.79 Å². The second kappa shape index (κ2) is 5.47. The maximum Gasteiger partial charge on any atom is 0.281 e. The first-order chi connectivity index (χ1) is 10.2. The number of hydrogen-bond donors (Lipinski definition) is 1. The zero-order valence-corrected chi connectivity index (χ0v) is 12.0. The van der Waals surface area contributed by atoms with E-state index in [2.05, 4.69) is 27.3 Å². The van der Waals surface area contributed by atoms with Crippen LogP contribution in [0.15, 0.2) is 23.1 Å². The molecule has 0 unspecified atom stereocenters. The van der Waals surface area contributed by atoms with Gasteiger partial charge in [-0.2, -0.15) is 5.10 Å². The third-order valence-corrected chi connectivity index (χ3v) is 3.86. The first kappa shape index (κ1) is 13.5. The van der Waals surface area contributed by atoms with Crippen LogP contribution in [-0.2, 0) is 13.6 Å². The van der Waals surface area contributed by atoms with Gasteiger partial charge in [0.1, 0.15) is 12.0 Å². The molecular weight excluding hydrogens is 290 g/mol. The fourth-order valence-corrected chi connectivity index (χ4v) is 2.75. The standard InChI is InChI=1S/C13H11N5O2S/c1-17-12-11(7-14-17)13(20)18(16-15-12)8-10-5-4-9(21-10)3-2-6-19/h4-5,7,19H,6,8H2,1H3. The minimum atomic E-state index is -0.218. The monoisotopic (exact) mass is 301 g/mol. The lowest BCUT2D eigenvalue weighted by Gasteiger charge is -2.00. The van der Waals surface area contributed by atoms with Crippen molar-refractivity contribution in [2.24, 2.45) is 7.05 Å². The van der Waals surface area contributed by atoms with Gasteiger partial charge in [-0.15, -0.1) is 16.4 Å². The van der Waals surface area contributed by atoms with E-state index in [1.54, 1.807) is 7.05 Å². The lowest BCUT2D eigenvalue weighted by atomic mass is 10.4. The molecule has 0 saturated carbocycles. The van der Waals surface area contributed by atoms with Gasteiger partial charge in [0, 0.05) is 11.9 Å². The zero-order chi connectivity index (χ0) is 14.8. The van der Waals surface area contributed by atoms with Crippen LogP contribution in [0.4, 0.5) is 0 Å². The number of hydrogen-bond acceptors (Lipinski definition) is 6. The molecule has 0 atom stereocenters. The van der Waals surface area contributed by atoms with Crippen molar-refractivity contribution in [3.8, 4) is 11.8 Å². The molecule has 1 N–H and O–H groups in total. The van der Waals surface area contributed by atoms with E-state index in [4.69, 9.17) is 5.11 Å². The van der Waals surface area contributed by atoms with Crippen LogP contribution in [0.1, 0.15) is 9.75 Å². The number of nitrogens with zero attached hydrogens (tertiary/aromatic N) is 5. The summed E-state index contributed by atoms with van der Waals surface area (Å²) in [4.78, 5) is 14.1. The first-order valence-electron chi connectivity index (χ1n) is 6.13. The van der Waals surface area contributed by atoms with Crippen molar-refractivity contribution in [1.82, 2.24) is 24.8 Å². The van der Waals surface area contributed by atoms with E-state index in [1.807, 2.05) is 12.1 Å². The van der Waals surface area contributed by atoms with E-state index in [0.29, 0.717) is 17.6 Å². The van der Waals surface area contributed by atoms with Gasteiger partial charge in [-0.1, -0.05) is 17.1 Å². The number of thiophene rings is 1. The average molecular weight is 301 g/mol. The summed E-state index contributed by atoms with van der Waals surface area (Å²) in [6.45, 7) is 0.165. The van der Waals surface area contributed by atoms with Gasteiger partial charge in [0.05, 0.1) is 17.6 Å². The second-order valence-electron chi connectivity index (χ2n) is 4.28. The molecule has 3 aromatic rings. The highest BCUT2D eigenvalue weighted by Crippen LogP contribution is 2.16. The number of aryl methyl sites for hydroxylation is 1. The summed E-state index contributed by atoms with van der Waals surface area (Å²) in [6.07, 6.45) is 1.50. The number of rotatable bonds is 2. The summed E-state index contributed by atoms with van der Waals surface area (Å²) in [5.41, 5.74) is 0.251. The molecule has 21 heavy (non-hydrogen) atoms. The molecule has 0 saturated heterocycles. The molecule has 0 aliphatic carbocycles. The van der Waals surface area contributed by atoms with Gasteiger partial charge in [0.15, 0.2) is 5.65 Å². The molecule has 0 spiro atoms. The Kier molecular flexibility index (Phi) is 3.51. The molecule has 0 aliphatic rings. The van der Waals surface area contributed by atoms with Gasteiger partial charge in [0.25, 0.3) is 5.56 Å². The Bertz CT molecular complexity index is 912. The van der Waals surface area contributed by atoms with Crippen molar-refractivity contribution < 1.29 is 5.11 Å². The van der Waals surface area contributed by atoms with E-state index in [1.165, 1.54) is 26.9 Å². The van der Waals surface area contributed by atoms with Crippen molar-refractivity contribution in [2.75, 3.05) is 6.61 Å². The minimum Gasteiger partial charge on any atom is -0.384 e. The van der Waals surface area contributed by atoms with Crippen LogP contribution >= 0.6 is 11.3 Å². The van der Waals surface area contributed by atoms with Crippen molar-refractivity contribution in [1.29, 1.82) is 0 Å². The number of fused-ring (bicyclic) bond motifs is 1. The molecular formula is C13H11N5O2S. The Labute approximate surface area is 123 Å². The van der Waals surface area contributed by atoms with Crippen molar-refractivity contribution >= 4 is 22.4 Å². The summed E-state index contributed by atoms with van der Waals surface area (Å²) in [5, 5.41) is 21.1. The molecule has 0 aromatic carbocycles. The quantitative estimate of drug-likeness (QED) is 0.672. The van der Waals surface area contributed by atoms with E-state index in [9.17, 15) is 4.79 Å². The minimum absolute atomic E-state index is 0.171. The number of aliphatic hydroxyl groups excluding tert-OH is 1. The maximum absolute atomic E-state index is 12.3. The molecule has 3 heterocycles. The molecule has 0 bridgehead atoms. The summed E-state index contributed by atoms with van der Waals surface area (Å²) in [6, 6.07) is 3.73. The summed E-state index contributed by atoms with van der Waals surface area (Å²) in [7, 11) is 1.71. The lowest BCUT2D eigenvalue weighted by Crippen LogP contribution is -2.24. The highest BCUT2D eigenvalue weighted by atomic mass is 32.1. The van der Waals surface area contributed by atoms with E-state index in [-0.39, 0.29) is 12.2 Å². The summed E-state index contributed by atoms with van der Waals surface area (Å²) < 4.78 is 2.82. The second-order valence-corrected chi connectivity index (χ2v) is 5.45. The van der Waals surface area contributed by atoms with Crippen molar-refractivity contribution in [2.45, 2.75) is 6.54 Å². The predicted octanol–water partition coefficient (Wildman–Crippen LogP) is -0.0214. The molecule has 3 rings (SSSR count). The van der Waals surface area contributed by atoms with Crippen LogP contribution in [0.5, 0.6) is 0 Å². The Hall–Kier alpha value is -2.50. The molecule has 106 valence electrons. The van der Waals surface area contributed by atoms with Crippen LogP contribution in [0.25, 0.3) is 11.0 Å².